The number of nitrogens with zero attached hydrogens (tertiary/aromatic N) is 2. The fourth-order valence-electron chi connectivity index (χ4n) is 2.83. The van der Waals surface area contributed by atoms with Crippen molar-refractivity contribution in [3.63, 3.8) is 0 Å². The number of anilines is 1. The van der Waals surface area contributed by atoms with Crippen molar-refractivity contribution in [3.8, 4) is 17.1 Å². The second-order valence-corrected chi connectivity index (χ2v) is 5.78. The van der Waals surface area contributed by atoms with Crippen LogP contribution in [0.15, 0.2) is 22.7 Å². The van der Waals surface area contributed by atoms with Crippen LogP contribution in [0.2, 0.25) is 0 Å². The number of aromatic carboxylic acids is 1. The van der Waals surface area contributed by atoms with Gasteiger partial charge in [0.05, 0.1) is 7.11 Å². The Morgan fingerprint density at radius 3 is 2.96 bits per heavy atom. The predicted molar refractivity (Wildman–Crippen MR) is 84.9 cm³/mol. The van der Waals surface area contributed by atoms with E-state index in [0.29, 0.717) is 5.56 Å². The molecule has 0 radical (unpaired) electrons. The highest BCUT2D eigenvalue weighted by atomic mass is 19.1. The summed E-state index contributed by atoms with van der Waals surface area (Å²) < 4.78 is 23.7. The second kappa shape index (κ2) is 6.48. The molecule has 1 aromatic heterocycles. The van der Waals surface area contributed by atoms with Crippen molar-refractivity contribution in [1.82, 2.24) is 10.1 Å². The fraction of sp³-hybridized carbons (Fsp3) is 0.375. The number of carbonyl (C=O) groups is 1. The molecule has 128 valence electrons. The molecular weight excluding hydrogens is 317 g/mol. The zero-order valence-electron chi connectivity index (χ0n) is 13.4. The van der Waals surface area contributed by atoms with Crippen LogP contribution >= 0.6 is 0 Å². The molecule has 7 nitrogen and oxygen atoms in total. The lowest BCUT2D eigenvalue weighted by Gasteiger charge is -2.12. The van der Waals surface area contributed by atoms with Gasteiger partial charge in [-0.15, -0.1) is 0 Å². The average Bonchev–Trinajstić information content (AvgIpc) is 3.14. The van der Waals surface area contributed by atoms with E-state index in [4.69, 9.17) is 9.26 Å². The first kappa shape index (κ1) is 16.3. The van der Waals surface area contributed by atoms with Crippen LogP contribution in [-0.4, -0.2) is 54.4 Å². The number of carboxylic acid groups (broad SMARTS) is 1. The lowest BCUT2D eigenvalue weighted by molar-refractivity contribution is 0.0698. The van der Waals surface area contributed by atoms with Crippen molar-refractivity contribution in [2.45, 2.75) is 12.5 Å². The van der Waals surface area contributed by atoms with Crippen LogP contribution in [0.4, 0.5) is 10.2 Å². The number of nitrogens with one attached hydrogen (secondary N) is 1. The molecule has 2 aromatic rings. The molecule has 8 heteroatoms. The first-order valence-corrected chi connectivity index (χ1v) is 7.51. The summed E-state index contributed by atoms with van der Waals surface area (Å²) in [7, 11) is 3.34. The number of methoxy groups -OCH3 is 1. The Morgan fingerprint density at radius 1 is 1.54 bits per heavy atom. The number of likely N-dealkylation sites (tertiary alicyclic amines) is 1. The topological polar surface area (TPSA) is 87.8 Å². The lowest BCUT2D eigenvalue weighted by atomic mass is 10.1. The second-order valence-electron chi connectivity index (χ2n) is 5.78. The van der Waals surface area contributed by atoms with E-state index in [1.54, 1.807) is 0 Å². The molecule has 1 saturated heterocycles. The predicted octanol–water partition coefficient (Wildman–Crippen LogP) is 2.30. The van der Waals surface area contributed by atoms with Gasteiger partial charge in [-0.25, -0.2) is 9.18 Å². The molecule has 1 atom stereocenters. The van der Waals surface area contributed by atoms with Gasteiger partial charge in [-0.05, 0) is 38.2 Å². The summed E-state index contributed by atoms with van der Waals surface area (Å²) in [6.45, 7) is 1.73. The Morgan fingerprint density at radius 2 is 2.33 bits per heavy atom. The fourth-order valence-corrected chi connectivity index (χ4v) is 2.83. The van der Waals surface area contributed by atoms with Crippen molar-refractivity contribution >= 4 is 11.8 Å². The summed E-state index contributed by atoms with van der Waals surface area (Å²) in [6, 6.07) is 4.11. The number of rotatable bonds is 5. The molecule has 1 fully saturated rings. The Kier molecular flexibility index (Phi) is 4.39. The highest BCUT2D eigenvalue weighted by molar-refractivity contribution is 5.99. The summed E-state index contributed by atoms with van der Waals surface area (Å²) in [6.07, 6.45) is 0.891. The van der Waals surface area contributed by atoms with Crippen LogP contribution in [0.25, 0.3) is 11.3 Å². The van der Waals surface area contributed by atoms with Gasteiger partial charge < -0.3 is 24.6 Å². The van der Waals surface area contributed by atoms with Gasteiger partial charge in [-0.2, -0.15) is 0 Å². The van der Waals surface area contributed by atoms with E-state index in [0.717, 1.165) is 19.5 Å². The molecule has 0 aliphatic carbocycles. The number of carboxylic acids is 1. The van der Waals surface area contributed by atoms with Crippen LogP contribution in [0.5, 0.6) is 5.75 Å². The number of hydrogen-bond donors (Lipinski definition) is 2. The standard InChI is InChI=1S/C16H18FN3O4/c1-20-6-5-10(8-20)18-15-13(16(21)22)14(24-19-15)9-3-4-11(17)12(7-9)23-2/h3-4,7,10H,5-6,8H2,1-2H3,(H,18,19)(H,21,22). The maximum absolute atomic E-state index is 13.6. The SMILES string of the molecule is COc1cc(-c2onc(NC3CCN(C)C3)c2C(=O)O)ccc1F. The zero-order valence-corrected chi connectivity index (χ0v) is 13.4. The molecule has 2 N–H and O–H groups in total. The Labute approximate surface area is 138 Å². The molecule has 0 amide bonds. The van der Waals surface area contributed by atoms with Crippen LogP contribution in [0, 0.1) is 5.82 Å². The van der Waals surface area contributed by atoms with Crippen LogP contribution in [0.1, 0.15) is 16.8 Å². The van der Waals surface area contributed by atoms with Gasteiger partial charge >= 0.3 is 5.97 Å². The third-order valence-electron chi connectivity index (χ3n) is 4.05. The molecule has 0 spiro atoms. The maximum Gasteiger partial charge on any atom is 0.343 e. The number of ether oxygens (including phenoxy) is 1. The van der Waals surface area contributed by atoms with Crippen LogP contribution < -0.4 is 10.1 Å². The van der Waals surface area contributed by atoms with Gasteiger partial charge in [0.15, 0.2) is 28.7 Å². The van der Waals surface area contributed by atoms with Crippen molar-refractivity contribution < 1.29 is 23.6 Å². The molecule has 0 bridgehead atoms. The molecule has 3 rings (SSSR count). The number of likely N-dealkylation sites (N-methyl/N-ethyl adjacent to an activating group) is 1. The van der Waals surface area contributed by atoms with E-state index >= 15 is 0 Å². The minimum absolute atomic E-state index is 0.00663. The zero-order chi connectivity index (χ0) is 17.3. The third-order valence-corrected chi connectivity index (χ3v) is 4.05. The summed E-state index contributed by atoms with van der Waals surface area (Å²) in [4.78, 5) is 13.8. The molecule has 2 heterocycles. The van der Waals surface area contributed by atoms with Gasteiger partial charge in [0.1, 0.15) is 0 Å². The highest BCUT2D eigenvalue weighted by Crippen LogP contribution is 2.33. The average molecular weight is 335 g/mol. The van der Waals surface area contributed by atoms with Gasteiger partial charge in [0.2, 0.25) is 0 Å². The normalized spacial score (nSPS) is 17.9. The molecule has 1 aliphatic heterocycles. The highest BCUT2D eigenvalue weighted by Gasteiger charge is 2.28. The van der Waals surface area contributed by atoms with Gasteiger partial charge in [-0.3, -0.25) is 0 Å². The Bertz CT molecular complexity index is 762. The quantitative estimate of drug-likeness (QED) is 0.867. The van der Waals surface area contributed by atoms with Crippen LogP contribution in [0.3, 0.4) is 0 Å². The number of hydrogen-bond acceptors (Lipinski definition) is 6. The van der Waals surface area contributed by atoms with Crippen molar-refractivity contribution in [3.05, 3.63) is 29.6 Å². The minimum atomic E-state index is -1.16. The Balaban J connectivity index is 1.95. The monoisotopic (exact) mass is 335 g/mol. The third kappa shape index (κ3) is 3.05. The van der Waals surface area contributed by atoms with Gasteiger partial charge in [0.25, 0.3) is 0 Å². The van der Waals surface area contributed by atoms with Gasteiger partial charge in [0, 0.05) is 18.2 Å². The van der Waals surface area contributed by atoms with E-state index in [9.17, 15) is 14.3 Å². The minimum Gasteiger partial charge on any atom is -0.494 e. The summed E-state index contributed by atoms with van der Waals surface area (Å²) >= 11 is 0. The largest absolute Gasteiger partial charge is 0.494 e. The lowest BCUT2D eigenvalue weighted by Crippen LogP contribution is -2.24. The molecule has 1 unspecified atom stereocenters. The summed E-state index contributed by atoms with van der Waals surface area (Å²) in [5, 5.41) is 16.5. The number of aromatic nitrogens is 1. The van der Waals surface area contributed by atoms with E-state index in [2.05, 4.69) is 15.4 Å². The van der Waals surface area contributed by atoms with E-state index in [-0.39, 0.29) is 28.9 Å². The molecular formula is C16H18FN3O4. The van der Waals surface area contributed by atoms with E-state index in [1.165, 1.54) is 25.3 Å². The molecule has 1 aliphatic rings. The van der Waals surface area contributed by atoms with Crippen LogP contribution in [-0.2, 0) is 0 Å². The Hall–Kier alpha value is -2.61. The van der Waals surface area contributed by atoms with Crippen molar-refractivity contribution in [1.29, 1.82) is 0 Å². The maximum atomic E-state index is 13.6. The first-order chi connectivity index (χ1) is 11.5. The van der Waals surface area contributed by atoms with E-state index < -0.39 is 11.8 Å². The summed E-state index contributed by atoms with van der Waals surface area (Å²) in [5.41, 5.74) is 0.313. The molecule has 24 heavy (non-hydrogen) atoms. The molecule has 0 saturated carbocycles. The smallest absolute Gasteiger partial charge is 0.343 e. The van der Waals surface area contributed by atoms with Crippen molar-refractivity contribution in [2.75, 3.05) is 32.6 Å². The number of benzene rings is 1. The first-order valence-electron chi connectivity index (χ1n) is 7.51. The van der Waals surface area contributed by atoms with Gasteiger partial charge in [-0.1, -0.05) is 5.16 Å². The van der Waals surface area contributed by atoms with Crippen molar-refractivity contribution in [2.24, 2.45) is 0 Å². The summed E-state index contributed by atoms with van der Waals surface area (Å²) in [5.74, 6) is -1.45. The molecule has 1 aromatic carbocycles. The van der Waals surface area contributed by atoms with E-state index in [1.807, 2.05) is 7.05 Å². The number of halogens is 1.